The second kappa shape index (κ2) is 8.62. The van der Waals surface area contributed by atoms with Crippen molar-refractivity contribution in [3.63, 3.8) is 0 Å². The van der Waals surface area contributed by atoms with Crippen LogP contribution in [0.4, 0.5) is 0 Å². The zero-order valence-electron chi connectivity index (χ0n) is 11.2. The van der Waals surface area contributed by atoms with Crippen LogP contribution in [0, 0.1) is 11.8 Å². The Hall–Kier alpha value is -1.45. The number of allylic oxidation sites excluding steroid dienone is 1. The van der Waals surface area contributed by atoms with Gasteiger partial charge in [0.05, 0.1) is 6.61 Å². The van der Waals surface area contributed by atoms with Gasteiger partial charge in [0, 0.05) is 21.8 Å². The molecule has 0 aliphatic carbocycles. The number of hydrogen-bond acceptors (Lipinski definition) is 2. The van der Waals surface area contributed by atoms with Crippen LogP contribution < -0.4 is 4.74 Å². The first-order valence-corrected chi connectivity index (χ1v) is 6.98. The predicted octanol–water partition coefficient (Wildman–Crippen LogP) is 4.97. The Labute approximate surface area is 122 Å². The van der Waals surface area contributed by atoms with Crippen LogP contribution in [-0.2, 0) is 0 Å². The van der Waals surface area contributed by atoms with Gasteiger partial charge < -0.3 is 4.74 Å². The highest BCUT2D eigenvalue weighted by Gasteiger charge is 2.05. The van der Waals surface area contributed by atoms with Gasteiger partial charge in [0.25, 0.3) is 0 Å². The molecule has 0 bridgehead atoms. The van der Waals surface area contributed by atoms with E-state index in [9.17, 15) is 0 Å². The minimum atomic E-state index is 0.0947. The van der Waals surface area contributed by atoms with Crippen molar-refractivity contribution in [2.45, 2.75) is 13.8 Å². The molecule has 0 N–H and O–H groups in total. The molecule has 0 heterocycles. The molecular weight excluding hydrogens is 306 g/mol. The lowest BCUT2D eigenvalue weighted by molar-refractivity contribution is 0.278. The lowest BCUT2D eigenvalue weighted by Crippen LogP contribution is -2.13. The topological polar surface area (TPSA) is 58.0 Å². The Bertz CT molecular complexity index is 468. The van der Waals surface area contributed by atoms with E-state index < -0.39 is 0 Å². The normalized spacial score (nSPS) is 12.4. The van der Waals surface area contributed by atoms with Crippen molar-refractivity contribution in [1.82, 2.24) is 0 Å². The Morgan fingerprint density at radius 2 is 2.21 bits per heavy atom. The summed E-state index contributed by atoms with van der Waals surface area (Å²) in [4.78, 5) is 2.80. The van der Waals surface area contributed by atoms with Crippen molar-refractivity contribution >= 4 is 15.9 Å². The molecule has 0 spiro atoms. The minimum Gasteiger partial charge on any atom is -0.493 e. The lowest BCUT2D eigenvalue weighted by Gasteiger charge is -2.12. The first kappa shape index (κ1) is 15.6. The fraction of sp³-hybridized carbons (Fsp3) is 0.429. The van der Waals surface area contributed by atoms with Crippen LogP contribution in [0.3, 0.4) is 0 Å². The summed E-state index contributed by atoms with van der Waals surface area (Å²) >= 11 is 3.40. The number of nitrogens with zero attached hydrogens (tertiary/aromatic N) is 3. The van der Waals surface area contributed by atoms with Crippen LogP contribution in [-0.4, -0.2) is 13.2 Å². The van der Waals surface area contributed by atoms with E-state index in [1.807, 2.05) is 24.3 Å². The predicted molar refractivity (Wildman–Crippen MR) is 81.1 cm³/mol. The average Bonchev–Trinajstić information content (AvgIpc) is 2.37. The van der Waals surface area contributed by atoms with Gasteiger partial charge >= 0.3 is 0 Å². The summed E-state index contributed by atoms with van der Waals surface area (Å²) in [5, 5.41) is 3.62. The van der Waals surface area contributed by atoms with Crippen molar-refractivity contribution in [3.05, 3.63) is 51.3 Å². The monoisotopic (exact) mass is 323 g/mol. The van der Waals surface area contributed by atoms with Crippen molar-refractivity contribution in [1.29, 1.82) is 0 Å². The molecule has 0 saturated heterocycles. The summed E-state index contributed by atoms with van der Waals surface area (Å²) < 4.78 is 6.69. The van der Waals surface area contributed by atoms with Gasteiger partial charge in [-0.25, -0.2) is 0 Å². The third-order valence-corrected chi connectivity index (χ3v) is 2.90. The molecule has 0 radical (unpaired) electrons. The van der Waals surface area contributed by atoms with Crippen molar-refractivity contribution < 1.29 is 4.74 Å². The standard InChI is InChI=1S/C14H18BrN3O/c1-11(2)6-7-12(9-17-18-16)10-19-14-5-3-4-13(15)8-14/h3-8,11-12H,9-10H2,1-2H3/b7-6+/t12-/m0/s1. The molecule has 1 atom stereocenters. The Kier molecular flexibility index (Phi) is 7.08. The molecule has 0 aromatic heterocycles. The summed E-state index contributed by atoms with van der Waals surface area (Å²) in [5.74, 6) is 1.37. The second-order valence-corrected chi connectivity index (χ2v) is 5.49. The molecule has 0 amide bonds. The first-order valence-electron chi connectivity index (χ1n) is 6.19. The molecule has 0 aliphatic rings. The van der Waals surface area contributed by atoms with Gasteiger partial charge in [-0.15, -0.1) is 0 Å². The number of halogens is 1. The van der Waals surface area contributed by atoms with Crippen LogP contribution in [0.5, 0.6) is 5.75 Å². The Morgan fingerprint density at radius 3 is 2.84 bits per heavy atom. The van der Waals surface area contributed by atoms with Crippen LogP contribution in [0.25, 0.3) is 10.4 Å². The highest BCUT2D eigenvalue weighted by atomic mass is 79.9. The summed E-state index contributed by atoms with van der Waals surface area (Å²) in [6.07, 6.45) is 4.15. The molecule has 1 aromatic rings. The average molecular weight is 324 g/mol. The van der Waals surface area contributed by atoms with Crippen LogP contribution in [0.15, 0.2) is 46.0 Å². The van der Waals surface area contributed by atoms with E-state index in [0.717, 1.165) is 10.2 Å². The van der Waals surface area contributed by atoms with E-state index >= 15 is 0 Å². The number of hydrogen-bond donors (Lipinski definition) is 0. The SMILES string of the molecule is CC(C)/C=C/[C@@H](CN=[N+]=[N-])COc1cccc(Br)c1. The van der Waals surface area contributed by atoms with E-state index in [1.165, 1.54) is 0 Å². The largest absolute Gasteiger partial charge is 0.493 e. The van der Waals surface area contributed by atoms with Crippen molar-refractivity contribution in [3.8, 4) is 5.75 Å². The number of azide groups is 1. The fourth-order valence-electron chi connectivity index (χ4n) is 1.45. The highest BCUT2D eigenvalue weighted by Crippen LogP contribution is 2.18. The number of rotatable bonds is 7. The maximum atomic E-state index is 8.40. The molecular formula is C14H18BrN3O. The van der Waals surface area contributed by atoms with Crippen molar-refractivity contribution in [2.24, 2.45) is 17.0 Å². The van der Waals surface area contributed by atoms with E-state index in [0.29, 0.717) is 19.1 Å². The van der Waals surface area contributed by atoms with Gasteiger partial charge in [-0.2, -0.15) is 0 Å². The summed E-state index contributed by atoms with van der Waals surface area (Å²) in [6, 6.07) is 7.69. The molecule has 4 nitrogen and oxygen atoms in total. The van der Waals surface area contributed by atoms with Gasteiger partial charge in [-0.1, -0.05) is 53.1 Å². The zero-order valence-corrected chi connectivity index (χ0v) is 12.7. The third-order valence-electron chi connectivity index (χ3n) is 2.41. The van der Waals surface area contributed by atoms with Crippen LogP contribution >= 0.6 is 15.9 Å². The van der Waals surface area contributed by atoms with Gasteiger partial charge in [-0.3, -0.25) is 0 Å². The molecule has 0 fully saturated rings. The molecule has 1 rings (SSSR count). The third kappa shape index (κ3) is 6.89. The van der Waals surface area contributed by atoms with E-state index in [1.54, 1.807) is 0 Å². The molecule has 0 unspecified atom stereocenters. The minimum absolute atomic E-state index is 0.0947. The molecule has 19 heavy (non-hydrogen) atoms. The molecule has 0 aliphatic heterocycles. The summed E-state index contributed by atoms with van der Waals surface area (Å²) in [5.41, 5.74) is 8.40. The van der Waals surface area contributed by atoms with Gasteiger partial charge in [0.15, 0.2) is 0 Å². The Morgan fingerprint density at radius 1 is 1.42 bits per heavy atom. The highest BCUT2D eigenvalue weighted by molar-refractivity contribution is 9.10. The fourth-order valence-corrected chi connectivity index (χ4v) is 1.83. The van der Waals surface area contributed by atoms with Gasteiger partial charge in [0.2, 0.25) is 0 Å². The van der Waals surface area contributed by atoms with Gasteiger partial charge in [-0.05, 0) is 29.6 Å². The smallest absolute Gasteiger partial charge is 0.120 e. The van der Waals surface area contributed by atoms with E-state index in [-0.39, 0.29) is 5.92 Å². The van der Waals surface area contributed by atoms with Crippen LogP contribution in [0.1, 0.15) is 13.8 Å². The maximum Gasteiger partial charge on any atom is 0.120 e. The summed E-state index contributed by atoms with van der Waals surface area (Å²) in [6.45, 7) is 5.12. The first-order chi connectivity index (χ1) is 9.11. The lowest BCUT2D eigenvalue weighted by atomic mass is 10.1. The van der Waals surface area contributed by atoms with E-state index in [2.05, 4.69) is 52.0 Å². The molecule has 0 saturated carbocycles. The van der Waals surface area contributed by atoms with Gasteiger partial charge in [0.1, 0.15) is 5.75 Å². The molecule has 5 heteroatoms. The van der Waals surface area contributed by atoms with Crippen LogP contribution in [0.2, 0.25) is 0 Å². The quantitative estimate of drug-likeness (QED) is 0.302. The maximum absolute atomic E-state index is 8.40. The van der Waals surface area contributed by atoms with Crippen molar-refractivity contribution in [2.75, 3.05) is 13.2 Å². The van der Waals surface area contributed by atoms with E-state index in [4.69, 9.17) is 10.3 Å². The number of ether oxygens (including phenoxy) is 1. The second-order valence-electron chi connectivity index (χ2n) is 4.57. The summed E-state index contributed by atoms with van der Waals surface area (Å²) in [7, 11) is 0. The zero-order chi connectivity index (χ0) is 14.1. The Balaban J connectivity index is 2.59. The molecule has 1 aromatic carbocycles. The molecule has 102 valence electrons. The number of benzene rings is 1.